The maximum absolute atomic E-state index is 14.9. The third kappa shape index (κ3) is 2.32. The molecule has 1 aliphatic carbocycles. The number of halogens is 1. The lowest BCUT2D eigenvalue weighted by atomic mass is 10.0. The Hall–Kier alpha value is -1.92. The standard InChI is InChI=1S/C18H23FN4O/c1-10-17-14(7-15(19)18(10)22-5-4-12(21)9-22)11(8-20)6-16(24)23(17)13-2-3-13/h6-7,12-13H,2-5,8-9,20-21H2,1H3. The zero-order valence-electron chi connectivity index (χ0n) is 13.9. The van der Waals surface area contributed by atoms with Gasteiger partial charge in [0.25, 0.3) is 5.56 Å². The molecule has 6 heteroatoms. The molecule has 2 aliphatic rings. The van der Waals surface area contributed by atoms with Gasteiger partial charge in [-0.15, -0.1) is 0 Å². The summed E-state index contributed by atoms with van der Waals surface area (Å²) in [6.45, 7) is 3.52. The number of anilines is 1. The second kappa shape index (κ2) is 5.57. The first-order valence-electron chi connectivity index (χ1n) is 8.59. The van der Waals surface area contributed by atoms with Gasteiger partial charge in [0.05, 0.1) is 11.2 Å². The fraction of sp³-hybridized carbons (Fsp3) is 0.500. The first-order valence-corrected chi connectivity index (χ1v) is 8.59. The van der Waals surface area contributed by atoms with Gasteiger partial charge in [0.15, 0.2) is 0 Å². The zero-order chi connectivity index (χ0) is 17.0. The summed E-state index contributed by atoms with van der Waals surface area (Å²) in [6.07, 6.45) is 2.85. The van der Waals surface area contributed by atoms with Gasteiger partial charge < -0.3 is 20.9 Å². The molecule has 128 valence electrons. The van der Waals surface area contributed by atoms with Crippen molar-refractivity contribution < 1.29 is 4.39 Å². The fourth-order valence-corrected chi connectivity index (χ4v) is 3.96. The zero-order valence-corrected chi connectivity index (χ0v) is 13.9. The minimum Gasteiger partial charge on any atom is -0.367 e. The van der Waals surface area contributed by atoms with Crippen molar-refractivity contribution in [2.75, 3.05) is 18.0 Å². The normalized spacial score (nSPS) is 21.0. The summed E-state index contributed by atoms with van der Waals surface area (Å²) in [6, 6.07) is 3.40. The summed E-state index contributed by atoms with van der Waals surface area (Å²) in [5.41, 5.74) is 14.7. The Morgan fingerprint density at radius 2 is 2.04 bits per heavy atom. The molecular weight excluding hydrogens is 307 g/mol. The van der Waals surface area contributed by atoms with Gasteiger partial charge in [0.1, 0.15) is 5.82 Å². The Kier molecular flexibility index (Phi) is 3.62. The molecule has 0 amide bonds. The van der Waals surface area contributed by atoms with Crippen LogP contribution in [-0.4, -0.2) is 23.7 Å². The van der Waals surface area contributed by atoms with Crippen molar-refractivity contribution in [3.63, 3.8) is 0 Å². The number of nitrogens with two attached hydrogens (primary N) is 2. The SMILES string of the molecule is Cc1c(N2CCC(N)C2)c(F)cc2c(CN)cc(=O)n(C3CC3)c12. The van der Waals surface area contributed by atoms with E-state index >= 15 is 0 Å². The summed E-state index contributed by atoms with van der Waals surface area (Å²) in [4.78, 5) is 14.6. The Balaban J connectivity index is 2.03. The van der Waals surface area contributed by atoms with Crippen LogP contribution in [0, 0.1) is 12.7 Å². The van der Waals surface area contributed by atoms with E-state index in [9.17, 15) is 9.18 Å². The fourth-order valence-electron chi connectivity index (χ4n) is 3.96. The van der Waals surface area contributed by atoms with Gasteiger partial charge in [0.2, 0.25) is 0 Å². The van der Waals surface area contributed by atoms with Crippen molar-refractivity contribution in [3.8, 4) is 0 Å². The van der Waals surface area contributed by atoms with Crippen LogP contribution >= 0.6 is 0 Å². The van der Waals surface area contributed by atoms with Crippen molar-refractivity contribution in [3.05, 3.63) is 39.4 Å². The molecule has 1 unspecified atom stereocenters. The molecule has 4 N–H and O–H groups in total. The van der Waals surface area contributed by atoms with Crippen LogP contribution in [0.5, 0.6) is 0 Å². The summed E-state index contributed by atoms with van der Waals surface area (Å²) in [5, 5.41) is 0.756. The van der Waals surface area contributed by atoms with Crippen LogP contribution in [0.1, 0.15) is 36.4 Å². The summed E-state index contributed by atoms with van der Waals surface area (Å²) in [7, 11) is 0. The molecule has 2 heterocycles. The predicted molar refractivity (Wildman–Crippen MR) is 93.9 cm³/mol. The summed E-state index contributed by atoms with van der Waals surface area (Å²) in [5.74, 6) is -0.259. The number of hydrogen-bond acceptors (Lipinski definition) is 4. The quantitative estimate of drug-likeness (QED) is 0.899. The number of hydrogen-bond donors (Lipinski definition) is 2. The van der Waals surface area contributed by atoms with E-state index < -0.39 is 0 Å². The molecule has 1 aromatic carbocycles. The van der Waals surface area contributed by atoms with Crippen molar-refractivity contribution >= 4 is 16.6 Å². The van der Waals surface area contributed by atoms with E-state index in [0.29, 0.717) is 17.8 Å². The van der Waals surface area contributed by atoms with Crippen molar-refractivity contribution in [1.29, 1.82) is 0 Å². The van der Waals surface area contributed by atoms with E-state index in [4.69, 9.17) is 11.5 Å². The van der Waals surface area contributed by atoms with E-state index in [1.54, 1.807) is 12.1 Å². The number of pyridine rings is 1. The van der Waals surface area contributed by atoms with Crippen LogP contribution in [0.4, 0.5) is 10.1 Å². The third-order valence-electron chi connectivity index (χ3n) is 5.26. The third-order valence-corrected chi connectivity index (χ3v) is 5.26. The highest BCUT2D eigenvalue weighted by Crippen LogP contribution is 2.40. The molecule has 0 spiro atoms. The van der Waals surface area contributed by atoms with Crippen LogP contribution in [0.3, 0.4) is 0 Å². The second-order valence-corrected chi connectivity index (χ2v) is 7.04. The van der Waals surface area contributed by atoms with Gasteiger partial charge in [-0.1, -0.05) is 0 Å². The van der Waals surface area contributed by atoms with Crippen molar-refractivity contribution in [2.24, 2.45) is 11.5 Å². The molecule has 5 nitrogen and oxygen atoms in total. The lowest BCUT2D eigenvalue weighted by Gasteiger charge is -2.24. The van der Waals surface area contributed by atoms with E-state index in [2.05, 4.69) is 0 Å². The van der Waals surface area contributed by atoms with Crippen molar-refractivity contribution in [2.45, 2.75) is 44.8 Å². The Bertz CT molecular complexity index is 872. The molecule has 1 saturated heterocycles. The average molecular weight is 330 g/mol. The van der Waals surface area contributed by atoms with E-state index in [-0.39, 0.29) is 30.0 Å². The van der Waals surface area contributed by atoms with E-state index in [1.807, 2.05) is 16.4 Å². The minimum atomic E-state index is -0.259. The lowest BCUT2D eigenvalue weighted by molar-refractivity contribution is 0.621. The Morgan fingerprint density at radius 1 is 1.29 bits per heavy atom. The van der Waals surface area contributed by atoms with Gasteiger partial charge in [-0.25, -0.2) is 4.39 Å². The van der Waals surface area contributed by atoms with Gasteiger partial charge in [0, 0.05) is 43.2 Å². The number of rotatable bonds is 3. The van der Waals surface area contributed by atoms with Gasteiger partial charge in [-0.3, -0.25) is 4.79 Å². The number of benzene rings is 1. The first-order chi connectivity index (χ1) is 11.5. The first kappa shape index (κ1) is 15.6. The molecule has 2 fully saturated rings. The highest BCUT2D eigenvalue weighted by molar-refractivity contribution is 5.90. The maximum atomic E-state index is 14.9. The largest absolute Gasteiger partial charge is 0.367 e. The number of aromatic nitrogens is 1. The smallest absolute Gasteiger partial charge is 0.251 e. The molecule has 4 rings (SSSR count). The number of nitrogens with zero attached hydrogens (tertiary/aromatic N) is 2. The van der Waals surface area contributed by atoms with Crippen LogP contribution in [0.25, 0.3) is 10.9 Å². The predicted octanol–water partition coefficient (Wildman–Crippen LogP) is 1.78. The average Bonchev–Trinajstić information content (AvgIpc) is 3.29. The van der Waals surface area contributed by atoms with Crippen molar-refractivity contribution in [1.82, 2.24) is 4.57 Å². The summed E-state index contributed by atoms with van der Waals surface area (Å²) < 4.78 is 16.8. The van der Waals surface area contributed by atoms with E-state index in [1.165, 1.54) is 0 Å². The molecule has 0 bridgehead atoms. The lowest BCUT2D eigenvalue weighted by Crippen LogP contribution is -2.28. The highest BCUT2D eigenvalue weighted by Gasteiger charge is 2.30. The molecule has 1 aromatic heterocycles. The second-order valence-electron chi connectivity index (χ2n) is 7.04. The van der Waals surface area contributed by atoms with Gasteiger partial charge >= 0.3 is 0 Å². The topological polar surface area (TPSA) is 77.3 Å². The molecule has 0 radical (unpaired) electrons. The molecule has 1 atom stereocenters. The molecule has 24 heavy (non-hydrogen) atoms. The van der Waals surface area contributed by atoms with Crippen LogP contribution in [0.2, 0.25) is 0 Å². The molecule has 1 saturated carbocycles. The van der Waals surface area contributed by atoms with Crippen LogP contribution < -0.4 is 21.9 Å². The maximum Gasteiger partial charge on any atom is 0.251 e. The summed E-state index contributed by atoms with van der Waals surface area (Å²) >= 11 is 0. The Morgan fingerprint density at radius 3 is 2.62 bits per heavy atom. The number of fused-ring (bicyclic) bond motifs is 1. The molecule has 1 aliphatic heterocycles. The monoisotopic (exact) mass is 330 g/mol. The van der Waals surface area contributed by atoms with E-state index in [0.717, 1.165) is 42.3 Å². The Labute approximate surface area is 140 Å². The van der Waals surface area contributed by atoms with Crippen LogP contribution in [0.15, 0.2) is 16.9 Å². The number of aryl methyl sites for hydroxylation is 1. The van der Waals surface area contributed by atoms with Gasteiger partial charge in [-0.2, -0.15) is 0 Å². The minimum absolute atomic E-state index is 0.0377. The molecular formula is C18H23FN4O. The molecule has 2 aromatic rings. The van der Waals surface area contributed by atoms with Gasteiger partial charge in [-0.05, 0) is 43.4 Å². The highest BCUT2D eigenvalue weighted by atomic mass is 19.1. The van der Waals surface area contributed by atoms with Crippen LogP contribution in [-0.2, 0) is 6.54 Å².